The van der Waals surface area contributed by atoms with Crippen LogP contribution in [0.3, 0.4) is 0 Å². The van der Waals surface area contributed by atoms with E-state index in [1.165, 1.54) is 7.11 Å². The molecule has 0 bridgehead atoms. The van der Waals surface area contributed by atoms with Crippen molar-refractivity contribution in [3.63, 3.8) is 0 Å². The number of hydrogen-bond acceptors (Lipinski definition) is 6. The lowest BCUT2D eigenvalue weighted by atomic mass is 10.2. The van der Waals surface area contributed by atoms with Crippen molar-refractivity contribution < 1.29 is 23.5 Å². The van der Waals surface area contributed by atoms with Crippen LogP contribution in [-0.4, -0.2) is 18.2 Å². The van der Waals surface area contributed by atoms with Gasteiger partial charge in [-0.15, -0.1) is 0 Å². The molecule has 0 N–H and O–H groups in total. The van der Waals surface area contributed by atoms with Gasteiger partial charge in [0.2, 0.25) is 0 Å². The van der Waals surface area contributed by atoms with Crippen LogP contribution in [0.25, 0.3) is 0 Å². The summed E-state index contributed by atoms with van der Waals surface area (Å²) in [7, 11) is 1.52. The smallest absolute Gasteiger partial charge is 0.338 e. The number of hydrogen-bond donors (Lipinski definition) is 0. The predicted octanol–water partition coefficient (Wildman–Crippen LogP) is 4.89. The van der Waals surface area contributed by atoms with Gasteiger partial charge >= 0.3 is 5.97 Å². The van der Waals surface area contributed by atoms with E-state index in [9.17, 15) is 4.79 Å². The summed E-state index contributed by atoms with van der Waals surface area (Å²) in [5.74, 6) is 1.14. The van der Waals surface area contributed by atoms with Crippen molar-refractivity contribution >= 4 is 17.6 Å². The van der Waals surface area contributed by atoms with Crippen molar-refractivity contribution in [3.05, 3.63) is 75.6 Å². The van der Waals surface area contributed by atoms with Crippen LogP contribution in [0.1, 0.15) is 32.9 Å². The van der Waals surface area contributed by atoms with E-state index in [1.807, 2.05) is 12.1 Å². The minimum absolute atomic E-state index is 0.0944. The molecule has 6 nitrogen and oxygen atoms in total. The summed E-state index contributed by atoms with van der Waals surface area (Å²) in [5.41, 5.74) is 2.80. The Labute approximate surface area is 168 Å². The Bertz CT molecular complexity index is 946. The molecule has 1 heterocycles. The van der Waals surface area contributed by atoms with Gasteiger partial charge in [-0.2, -0.15) is 0 Å². The molecule has 0 saturated heterocycles. The van der Waals surface area contributed by atoms with Gasteiger partial charge in [0.25, 0.3) is 0 Å². The Morgan fingerprint density at radius 2 is 1.82 bits per heavy atom. The molecule has 0 atom stereocenters. The zero-order valence-electron chi connectivity index (χ0n) is 15.8. The highest BCUT2D eigenvalue weighted by Gasteiger charge is 2.15. The summed E-state index contributed by atoms with van der Waals surface area (Å²) < 4.78 is 21.6. The second-order valence-corrected chi connectivity index (χ2v) is 6.60. The Balaban J connectivity index is 1.66. The van der Waals surface area contributed by atoms with Gasteiger partial charge in [-0.05, 0) is 49.7 Å². The summed E-state index contributed by atoms with van der Waals surface area (Å²) in [4.78, 5) is 12.4. The second-order valence-electron chi connectivity index (χ2n) is 6.16. The van der Waals surface area contributed by atoms with Crippen molar-refractivity contribution in [2.45, 2.75) is 27.1 Å². The van der Waals surface area contributed by atoms with E-state index in [0.29, 0.717) is 40.1 Å². The van der Waals surface area contributed by atoms with Crippen LogP contribution >= 0.6 is 11.6 Å². The molecule has 0 aliphatic heterocycles. The Kier molecular flexibility index (Phi) is 6.21. The summed E-state index contributed by atoms with van der Waals surface area (Å²) in [6.07, 6.45) is 0. The maximum atomic E-state index is 12.4. The molecule has 146 valence electrons. The first-order valence-electron chi connectivity index (χ1n) is 8.62. The molecule has 0 radical (unpaired) electrons. The molecule has 7 heteroatoms. The van der Waals surface area contributed by atoms with Crippen LogP contribution in [0.4, 0.5) is 0 Å². The number of carbonyl (C=O) groups is 1. The molecule has 2 aromatic carbocycles. The van der Waals surface area contributed by atoms with Gasteiger partial charge in [-0.25, -0.2) is 4.79 Å². The number of aryl methyl sites for hydroxylation is 2. The van der Waals surface area contributed by atoms with Gasteiger partial charge in [0.15, 0.2) is 11.5 Å². The highest BCUT2D eigenvalue weighted by Crippen LogP contribution is 2.29. The van der Waals surface area contributed by atoms with E-state index >= 15 is 0 Å². The summed E-state index contributed by atoms with van der Waals surface area (Å²) in [5, 5.41) is 4.51. The lowest BCUT2D eigenvalue weighted by Crippen LogP contribution is -2.07. The highest BCUT2D eigenvalue weighted by atomic mass is 35.5. The minimum atomic E-state index is -0.470. The van der Waals surface area contributed by atoms with E-state index < -0.39 is 5.97 Å². The zero-order valence-corrected chi connectivity index (χ0v) is 16.6. The first-order chi connectivity index (χ1) is 13.5. The Morgan fingerprint density at radius 1 is 1.07 bits per heavy atom. The van der Waals surface area contributed by atoms with Crippen LogP contribution in [0.15, 0.2) is 47.0 Å². The van der Waals surface area contributed by atoms with Crippen molar-refractivity contribution in [3.8, 4) is 11.5 Å². The number of benzene rings is 2. The Hall–Kier alpha value is -2.99. The molecule has 3 rings (SSSR count). The number of nitrogens with zero attached hydrogens (tertiary/aromatic N) is 1. The lowest BCUT2D eigenvalue weighted by Gasteiger charge is -2.12. The topological polar surface area (TPSA) is 70.8 Å². The van der Waals surface area contributed by atoms with Gasteiger partial charge in [0.05, 0.1) is 23.9 Å². The average Bonchev–Trinajstić information content (AvgIpc) is 3.03. The van der Waals surface area contributed by atoms with Gasteiger partial charge in [0.1, 0.15) is 19.0 Å². The first kappa shape index (κ1) is 19.8. The van der Waals surface area contributed by atoms with E-state index in [1.54, 1.807) is 44.2 Å². The molecule has 0 aliphatic carbocycles. The number of carbonyl (C=O) groups excluding carboxylic acids is 1. The van der Waals surface area contributed by atoms with E-state index in [0.717, 1.165) is 11.1 Å². The summed E-state index contributed by atoms with van der Waals surface area (Å²) >= 11 is 5.89. The average molecular weight is 402 g/mol. The lowest BCUT2D eigenvalue weighted by molar-refractivity contribution is 0.0470. The van der Waals surface area contributed by atoms with Crippen molar-refractivity contribution in [2.24, 2.45) is 0 Å². The van der Waals surface area contributed by atoms with E-state index in [4.69, 9.17) is 30.3 Å². The first-order valence-corrected chi connectivity index (χ1v) is 9.00. The summed E-state index contributed by atoms with van der Waals surface area (Å²) in [6, 6.07) is 12.3. The normalized spacial score (nSPS) is 10.6. The van der Waals surface area contributed by atoms with Gasteiger partial charge in [-0.3, -0.25) is 0 Å². The zero-order chi connectivity index (χ0) is 20.1. The molecular formula is C21H20ClNO5. The number of halogens is 1. The Morgan fingerprint density at radius 3 is 2.46 bits per heavy atom. The number of esters is 1. The van der Waals surface area contributed by atoms with E-state index in [2.05, 4.69) is 5.16 Å². The van der Waals surface area contributed by atoms with Crippen LogP contribution in [0.5, 0.6) is 11.5 Å². The molecule has 0 unspecified atom stereocenters. The summed E-state index contributed by atoms with van der Waals surface area (Å²) in [6.45, 7) is 4.02. The number of aromatic nitrogens is 1. The second kappa shape index (κ2) is 8.80. The van der Waals surface area contributed by atoms with Crippen molar-refractivity contribution in [2.75, 3.05) is 7.11 Å². The molecule has 1 aromatic heterocycles. The van der Waals surface area contributed by atoms with E-state index in [-0.39, 0.29) is 6.61 Å². The van der Waals surface area contributed by atoms with Crippen molar-refractivity contribution in [1.29, 1.82) is 0 Å². The third-order valence-corrected chi connectivity index (χ3v) is 4.49. The van der Waals surface area contributed by atoms with Crippen LogP contribution < -0.4 is 9.47 Å². The molecule has 0 aliphatic rings. The number of ether oxygens (including phenoxy) is 3. The maximum Gasteiger partial charge on any atom is 0.338 e. The van der Waals surface area contributed by atoms with Crippen LogP contribution in [-0.2, 0) is 18.0 Å². The quantitative estimate of drug-likeness (QED) is 0.525. The fourth-order valence-corrected chi connectivity index (χ4v) is 2.71. The fraction of sp³-hybridized carbons (Fsp3) is 0.238. The fourth-order valence-electron chi connectivity index (χ4n) is 2.58. The SMILES string of the molecule is COc1cc(C(=O)OCc2c(C)noc2C)ccc1OCc1ccc(Cl)cc1. The maximum absolute atomic E-state index is 12.4. The number of rotatable bonds is 7. The molecule has 28 heavy (non-hydrogen) atoms. The van der Waals surface area contributed by atoms with Gasteiger partial charge in [-0.1, -0.05) is 28.9 Å². The van der Waals surface area contributed by atoms with Gasteiger partial charge < -0.3 is 18.7 Å². The molecule has 0 fully saturated rings. The number of methoxy groups -OCH3 is 1. The minimum Gasteiger partial charge on any atom is -0.493 e. The molecule has 0 spiro atoms. The largest absolute Gasteiger partial charge is 0.493 e. The van der Waals surface area contributed by atoms with Crippen LogP contribution in [0.2, 0.25) is 5.02 Å². The third-order valence-electron chi connectivity index (χ3n) is 4.24. The monoisotopic (exact) mass is 401 g/mol. The van der Waals surface area contributed by atoms with Crippen molar-refractivity contribution in [1.82, 2.24) is 5.16 Å². The standard InChI is InChI=1S/C21H20ClNO5/c1-13-18(14(2)28-23-13)12-27-21(24)16-6-9-19(20(10-16)25-3)26-11-15-4-7-17(22)8-5-15/h4-10H,11-12H2,1-3H3. The van der Waals surface area contributed by atoms with Crippen LogP contribution in [0, 0.1) is 13.8 Å². The molecule has 0 amide bonds. The van der Waals surface area contributed by atoms with Gasteiger partial charge in [0, 0.05) is 5.02 Å². The predicted molar refractivity (Wildman–Crippen MR) is 104 cm³/mol. The molecule has 0 saturated carbocycles. The third kappa shape index (κ3) is 4.64. The molecular weight excluding hydrogens is 382 g/mol. The molecule has 3 aromatic rings. The highest BCUT2D eigenvalue weighted by molar-refractivity contribution is 6.30.